The second-order valence-corrected chi connectivity index (χ2v) is 9.02. The van der Waals surface area contributed by atoms with E-state index in [1.807, 2.05) is 45.9 Å². The predicted molar refractivity (Wildman–Crippen MR) is 126 cm³/mol. The molecule has 1 amide bonds. The van der Waals surface area contributed by atoms with Crippen LogP contribution in [-0.4, -0.2) is 26.5 Å². The molecule has 7 heteroatoms. The zero-order valence-corrected chi connectivity index (χ0v) is 19.0. The number of benzene rings is 2. The lowest BCUT2D eigenvalue weighted by Gasteiger charge is -2.15. The number of carbonyl (C=O) groups is 2. The number of aromatic nitrogens is 2. The number of fused-ring (bicyclic) bond motifs is 1. The number of carbonyl (C=O) groups excluding carboxylic acids is 2. The van der Waals surface area contributed by atoms with Crippen molar-refractivity contribution >= 4 is 40.0 Å². The van der Waals surface area contributed by atoms with Crippen LogP contribution in [0.1, 0.15) is 44.5 Å². The van der Waals surface area contributed by atoms with E-state index in [4.69, 9.17) is 0 Å². The van der Waals surface area contributed by atoms with Crippen molar-refractivity contribution in [2.45, 2.75) is 51.1 Å². The number of nitrogens with one attached hydrogen (secondary N) is 1. The van der Waals surface area contributed by atoms with Crippen molar-refractivity contribution in [2.24, 2.45) is 5.92 Å². The lowest BCUT2D eigenvalue weighted by Crippen LogP contribution is -2.25. The lowest BCUT2D eigenvalue weighted by molar-refractivity contribution is -0.118. The molecule has 0 spiro atoms. The van der Waals surface area contributed by atoms with E-state index >= 15 is 0 Å². The van der Waals surface area contributed by atoms with Gasteiger partial charge in [-0.05, 0) is 49.7 Å². The summed E-state index contributed by atoms with van der Waals surface area (Å²) in [5, 5.41) is 3.52. The van der Waals surface area contributed by atoms with Gasteiger partial charge in [-0.3, -0.25) is 19.0 Å². The Morgan fingerprint density at radius 2 is 1.74 bits per heavy atom. The van der Waals surface area contributed by atoms with Crippen LogP contribution < -0.4 is 10.9 Å². The summed E-state index contributed by atoms with van der Waals surface area (Å²) in [6.45, 7) is 8.02. The van der Waals surface area contributed by atoms with E-state index in [-0.39, 0.29) is 23.2 Å². The van der Waals surface area contributed by atoms with E-state index in [0.717, 1.165) is 6.42 Å². The minimum Gasteiger partial charge on any atom is -0.326 e. The standard InChI is InChI=1S/C24H27N3O3S/c1-5-14-27-23(30)19-8-6-7-9-20(19)26-24(27)31-16(4)21(28)17-10-12-18(13-11-17)25-22(29)15(2)3/h6-13,15-16H,5,14H2,1-4H3,(H,25,29). The molecule has 162 valence electrons. The van der Waals surface area contributed by atoms with Crippen molar-refractivity contribution in [3.63, 3.8) is 0 Å². The van der Waals surface area contributed by atoms with Crippen LogP contribution in [0.25, 0.3) is 10.9 Å². The predicted octanol–water partition coefficient (Wildman–Crippen LogP) is 4.76. The molecular formula is C24H27N3O3S. The van der Waals surface area contributed by atoms with Crippen LogP contribution in [0.5, 0.6) is 0 Å². The first-order valence-electron chi connectivity index (χ1n) is 10.4. The third-order valence-electron chi connectivity index (χ3n) is 4.89. The summed E-state index contributed by atoms with van der Waals surface area (Å²) in [6.07, 6.45) is 0.791. The van der Waals surface area contributed by atoms with E-state index in [9.17, 15) is 14.4 Å². The highest BCUT2D eigenvalue weighted by atomic mass is 32.2. The van der Waals surface area contributed by atoms with Crippen LogP contribution in [0.4, 0.5) is 5.69 Å². The minimum absolute atomic E-state index is 0.0582. The van der Waals surface area contributed by atoms with Crippen molar-refractivity contribution < 1.29 is 9.59 Å². The highest BCUT2D eigenvalue weighted by Crippen LogP contribution is 2.26. The number of Topliss-reactive ketones (excluding diaryl/α,β-unsaturated/α-hetero) is 1. The van der Waals surface area contributed by atoms with E-state index in [1.54, 1.807) is 34.9 Å². The maximum Gasteiger partial charge on any atom is 0.262 e. The number of nitrogens with zero attached hydrogens (tertiary/aromatic N) is 2. The van der Waals surface area contributed by atoms with Gasteiger partial charge < -0.3 is 5.32 Å². The van der Waals surface area contributed by atoms with Gasteiger partial charge in [-0.2, -0.15) is 0 Å². The molecule has 1 N–H and O–H groups in total. The first kappa shape index (κ1) is 22.7. The minimum atomic E-state index is -0.424. The molecule has 6 nitrogen and oxygen atoms in total. The largest absolute Gasteiger partial charge is 0.326 e. The summed E-state index contributed by atoms with van der Waals surface area (Å²) in [5.74, 6) is -0.246. The van der Waals surface area contributed by atoms with Gasteiger partial charge in [0.2, 0.25) is 5.91 Å². The summed E-state index contributed by atoms with van der Waals surface area (Å²) in [5.41, 5.74) is 1.75. The van der Waals surface area contributed by atoms with Crippen LogP contribution in [0.15, 0.2) is 58.5 Å². The molecule has 0 bridgehead atoms. The fourth-order valence-electron chi connectivity index (χ4n) is 3.11. The molecule has 0 aliphatic rings. The Labute approximate surface area is 186 Å². The van der Waals surface area contributed by atoms with Gasteiger partial charge in [-0.25, -0.2) is 4.98 Å². The number of hydrogen-bond donors (Lipinski definition) is 1. The molecule has 31 heavy (non-hydrogen) atoms. The molecule has 1 heterocycles. The first-order chi connectivity index (χ1) is 14.8. The van der Waals surface area contributed by atoms with Crippen LogP contribution in [0.2, 0.25) is 0 Å². The van der Waals surface area contributed by atoms with Gasteiger partial charge in [0.05, 0.1) is 16.2 Å². The molecular weight excluding hydrogens is 410 g/mol. The number of anilines is 1. The van der Waals surface area contributed by atoms with E-state index in [0.29, 0.717) is 33.9 Å². The van der Waals surface area contributed by atoms with Crippen molar-refractivity contribution in [3.8, 4) is 0 Å². The van der Waals surface area contributed by atoms with Crippen molar-refractivity contribution in [3.05, 3.63) is 64.4 Å². The molecule has 0 saturated carbocycles. The topological polar surface area (TPSA) is 81.1 Å². The Bertz CT molecular complexity index is 1150. The SMILES string of the molecule is CCCn1c(SC(C)C(=O)c2ccc(NC(=O)C(C)C)cc2)nc2ccccc2c1=O. The quantitative estimate of drug-likeness (QED) is 0.312. The Kier molecular flexibility index (Phi) is 7.28. The molecule has 1 aromatic heterocycles. The Morgan fingerprint density at radius 3 is 2.39 bits per heavy atom. The summed E-state index contributed by atoms with van der Waals surface area (Å²) >= 11 is 1.29. The summed E-state index contributed by atoms with van der Waals surface area (Å²) in [7, 11) is 0. The van der Waals surface area contributed by atoms with Gasteiger partial charge >= 0.3 is 0 Å². The third-order valence-corrected chi connectivity index (χ3v) is 5.98. The highest BCUT2D eigenvalue weighted by molar-refractivity contribution is 8.00. The van der Waals surface area contributed by atoms with E-state index in [1.165, 1.54) is 11.8 Å². The fraction of sp³-hybridized carbons (Fsp3) is 0.333. The number of amides is 1. The average Bonchev–Trinajstić information content (AvgIpc) is 2.76. The fourth-order valence-corrected chi connectivity index (χ4v) is 4.12. The summed E-state index contributed by atoms with van der Waals surface area (Å²) < 4.78 is 1.65. The van der Waals surface area contributed by atoms with Gasteiger partial charge in [0, 0.05) is 23.7 Å². The molecule has 0 fully saturated rings. The second-order valence-electron chi connectivity index (χ2n) is 7.71. The smallest absolute Gasteiger partial charge is 0.262 e. The first-order valence-corrected chi connectivity index (χ1v) is 11.3. The summed E-state index contributed by atoms with van der Waals surface area (Å²) in [6, 6.07) is 14.1. The molecule has 1 atom stereocenters. The van der Waals surface area contributed by atoms with Gasteiger partial charge in [-0.15, -0.1) is 0 Å². The Hall–Kier alpha value is -2.93. The molecule has 3 aromatic rings. The van der Waals surface area contributed by atoms with Crippen molar-refractivity contribution in [1.82, 2.24) is 9.55 Å². The molecule has 0 aliphatic carbocycles. The summed E-state index contributed by atoms with van der Waals surface area (Å²) in [4.78, 5) is 42.4. The number of rotatable bonds is 8. The molecule has 3 rings (SSSR count). The monoisotopic (exact) mass is 437 g/mol. The maximum absolute atomic E-state index is 13.0. The highest BCUT2D eigenvalue weighted by Gasteiger charge is 2.20. The van der Waals surface area contributed by atoms with Crippen molar-refractivity contribution in [1.29, 1.82) is 0 Å². The zero-order valence-electron chi connectivity index (χ0n) is 18.2. The molecule has 0 radical (unpaired) electrons. The average molecular weight is 438 g/mol. The van der Waals surface area contributed by atoms with Crippen molar-refractivity contribution in [2.75, 3.05) is 5.32 Å². The van der Waals surface area contributed by atoms with Crippen LogP contribution in [0, 0.1) is 5.92 Å². The van der Waals surface area contributed by atoms with Gasteiger partial charge in [0.25, 0.3) is 5.56 Å². The zero-order chi connectivity index (χ0) is 22.5. The maximum atomic E-state index is 13.0. The lowest BCUT2D eigenvalue weighted by atomic mass is 10.1. The molecule has 1 unspecified atom stereocenters. The van der Waals surface area contributed by atoms with Gasteiger partial charge in [0.15, 0.2) is 10.9 Å². The number of ketones is 1. The van der Waals surface area contributed by atoms with Crippen LogP contribution in [-0.2, 0) is 11.3 Å². The second kappa shape index (κ2) is 9.92. The number of para-hydroxylation sites is 1. The van der Waals surface area contributed by atoms with Gasteiger partial charge in [-0.1, -0.05) is 44.7 Å². The Balaban J connectivity index is 1.82. The van der Waals surface area contributed by atoms with E-state index < -0.39 is 5.25 Å². The molecule has 0 saturated heterocycles. The third kappa shape index (κ3) is 5.22. The van der Waals surface area contributed by atoms with Crippen LogP contribution >= 0.6 is 11.8 Å². The van der Waals surface area contributed by atoms with E-state index in [2.05, 4.69) is 10.3 Å². The number of thioether (sulfide) groups is 1. The number of hydrogen-bond acceptors (Lipinski definition) is 5. The van der Waals surface area contributed by atoms with Crippen LogP contribution in [0.3, 0.4) is 0 Å². The van der Waals surface area contributed by atoms with Gasteiger partial charge in [0.1, 0.15) is 0 Å². The normalized spacial score (nSPS) is 12.2. The molecule has 0 aliphatic heterocycles. The Morgan fingerprint density at radius 1 is 1.06 bits per heavy atom. The molecule has 2 aromatic carbocycles.